The number of nitrogens with zero attached hydrogens (tertiary/aromatic N) is 1. The number of nitrogens with two attached hydrogens (primary N) is 2. The van der Waals surface area contributed by atoms with E-state index >= 15 is 0 Å². The van der Waals surface area contributed by atoms with Crippen LogP contribution in [0.2, 0.25) is 0 Å². The van der Waals surface area contributed by atoms with Crippen molar-refractivity contribution in [2.45, 2.75) is 263 Å². The molecule has 0 fully saturated rings. The number of carbonyl (C=O) groups is 8. The summed E-state index contributed by atoms with van der Waals surface area (Å²) in [5, 5.41) is 21.9. The fourth-order valence-electron chi connectivity index (χ4n) is 7.15. The van der Waals surface area contributed by atoms with E-state index in [-0.39, 0.29) is 249 Å². The largest absolute Gasteiger partial charge is 2.00 e. The van der Waals surface area contributed by atoms with Crippen molar-refractivity contribution in [2.24, 2.45) is 31.5 Å². The summed E-state index contributed by atoms with van der Waals surface area (Å²) in [5.41, 5.74) is 13.3. The standard InChI is InChI=1S/C21H35NO3S.C17H27NO2.C15H21NO3S.C11H12O3.C8H6O3.C6H13.C4H11NOS.CH2O3.BrH.ClH.2K.Mg.H/c1-15(2)25-19(23)17-11-9-16(10-12-17)18(13-14-20(3,4)5)22-26(24)21(6,7)8;1-12(2)20-16(19)14-8-6-13(7-9-14)15(18)10-11-17(3,4)5;1-11(2)19-14(17)13-8-6-12(7-9-13)10-16-20(18)15(3,4)5;1-8(2)14-11(13)10-5-3-9(7-12)4-6-10;9-5-6-1-3-7(4-2-6)8(10)11;1-5-6(2,3)4;1-4(2,3)7(5)6;2-1-4-3;;;;;;/h9-12,15,18,22H,13-14H2,1-8H3;6-9,12,15H,10-11,18H2,1-5H3;6-11H,1-5H3;3-8H,1-2H3;1-5H,(H,10,11);1,5H2,2-4H3;5H2,1-3H3;1,3H;2*1H;;;;/q;;;;;-1;;;;;2*+1;+2;-1/p-2/t18-,26+;15-;;;;;;;;;;;;/m11............/s1. The van der Waals surface area contributed by atoms with Crippen molar-refractivity contribution in [2.75, 3.05) is 0 Å². The minimum absolute atomic E-state index is 0. The van der Waals surface area contributed by atoms with Gasteiger partial charge in [0.25, 0.3) is 6.47 Å². The summed E-state index contributed by atoms with van der Waals surface area (Å²) in [7, 11) is -3.62. The van der Waals surface area contributed by atoms with E-state index in [4.69, 9.17) is 45.0 Å². The summed E-state index contributed by atoms with van der Waals surface area (Å²) in [6.07, 6.45) is 7.37. The van der Waals surface area contributed by atoms with Crippen molar-refractivity contribution >= 4 is 124 Å². The number of hydrogen-bond acceptors (Lipinski definition) is 18. The Labute approximate surface area is 802 Å². The second-order valence-electron chi connectivity index (χ2n) is 32.3. The Morgan fingerprint density at radius 1 is 0.496 bits per heavy atom. The first-order valence-electron chi connectivity index (χ1n) is 35.5. The number of nitrogens with one attached hydrogen (secondary N) is 1. The normalized spacial score (nSPS) is 12.2. The fraction of sp³-hybridized carbons (Fsp3) is 0.518. The minimum atomic E-state index is -1.28. The second kappa shape index (κ2) is 64.0. The molecular formula is C83H128BrClK2MgN4O18S3. The van der Waals surface area contributed by atoms with Gasteiger partial charge in [0, 0.05) is 29.4 Å². The van der Waals surface area contributed by atoms with E-state index in [0.717, 1.165) is 55.1 Å². The molecule has 113 heavy (non-hydrogen) atoms. The van der Waals surface area contributed by atoms with Crippen LogP contribution in [0, 0.1) is 23.2 Å². The Morgan fingerprint density at radius 3 is 0.991 bits per heavy atom. The van der Waals surface area contributed by atoms with E-state index in [0.29, 0.717) is 50.5 Å². The molecule has 0 aromatic heterocycles. The number of hydrogen-bond donors (Lipinski definition) is 4. The zero-order valence-corrected chi connectivity index (χ0v) is 84.8. The van der Waals surface area contributed by atoms with Gasteiger partial charge in [-0.1, -0.05) is 128 Å². The molecule has 30 heteroatoms. The summed E-state index contributed by atoms with van der Waals surface area (Å²) in [6, 6.07) is 33.7. The molecule has 5 rings (SSSR count). The van der Waals surface area contributed by atoms with E-state index < -0.39 is 38.9 Å². The number of esters is 4. The SMILES string of the molecule is CC(C)(C)S(N)=O.CC(C)OC(=O)c1ccc(C=NS(=O)C(C)(C)C)cc1.CC(C)OC(=O)c1ccc(C=O)cc1.CC(C)OC(=O)c1ccc([C@@H](CCC(C)(C)C)N[S@@](=O)C(C)(C)C)cc1.CC(C)OC(=O)c1ccc([C@H](N)CCC(C)(C)C)cc1.Cl.O=CO[O-].O=Cc1ccc(C(=O)O)cc1.[Br-].[CH2-]CC(C)(C)C.[H-].[K+].[K+].[Mg+2]. The Balaban J connectivity index is -0.000000165. The van der Waals surface area contributed by atoms with Crippen molar-refractivity contribution in [1.82, 2.24) is 4.72 Å². The van der Waals surface area contributed by atoms with Crippen LogP contribution in [-0.2, 0) is 61.6 Å². The number of aldehydes is 2. The van der Waals surface area contributed by atoms with Gasteiger partial charge in [0.2, 0.25) is 0 Å². The quantitative estimate of drug-likeness (QED) is 0.00747. The number of carboxylic acid groups (broad SMARTS) is 1. The van der Waals surface area contributed by atoms with Crippen molar-refractivity contribution < 1.29 is 206 Å². The van der Waals surface area contributed by atoms with Crippen LogP contribution in [0.4, 0.5) is 0 Å². The Hall–Kier alpha value is -2.97. The maximum atomic E-state index is 12.6. The van der Waals surface area contributed by atoms with Crippen LogP contribution in [0.1, 0.15) is 315 Å². The number of carbonyl (C=O) groups excluding carboxylic acids is 7. The van der Waals surface area contributed by atoms with Crippen LogP contribution < -0.4 is 141 Å². The number of halogens is 2. The molecule has 0 saturated heterocycles. The Kier molecular flexibility index (Phi) is 71.1. The second-order valence-corrected chi connectivity index (χ2v) is 38.1. The number of benzene rings is 5. The van der Waals surface area contributed by atoms with Gasteiger partial charge in [-0.15, -0.1) is 12.4 Å². The molecule has 5 aromatic carbocycles. The van der Waals surface area contributed by atoms with Crippen LogP contribution >= 0.6 is 12.4 Å². The minimum Gasteiger partial charge on any atom is -1.00 e. The molecule has 0 radical (unpaired) electrons. The number of aromatic carboxylic acids is 1. The zero-order valence-electron chi connectivity index (χ0n) is 73.3. The Bertz CT molecular complexity index is 3600. The molecule has 6 N–H and O–H groups in total. The van der Waals surface area contributed by atoms with Gasteiger partial charge >= 0.3 is 156 Å². The van der Waals surface area contributed by atoms with E-state index in [9.17, 15) is 46.2 Å². The summed E-state index contributed by atoms with van der Waals surface area (Å²) in [6.45, 7) is 54.9. The molecule has 5 atom stereocenters. The van der Waals surface area contributed by atoms with Crippen molar-refractivity contribution in [3.8, 4) is 0 Å². The molecule has 0 aliphatic rings. The average molecular weight is 1780 g/mol. The molecular weight excluding hydrogens is 1650 g/mol. The predicted molar refractivity (Wildman–Crippen MR) is 448 cm³/mol. The molecule has 0 saturated carbocycles. The monoisotopic (exact) mass is 1780 g/mol. The zero-order chi connectivity index (χ0) is 84.3. The molecule has 0 bridgehead atoms. The van der Waals surface area contributed by atoms with Gasteiger partial charge < -0.3 is 65.3 Å². The van der Waals surface area contributed by atoms with Crippen LogP contribution in [0.25, 0.3) is 0 Å². The summed E-state index contributed by atoms with van der Waals surface area (Å²) >= 11 is 0. The predicted octanol–water partition coefficient (Wildman–Crippen LogP) is 7.91. The average Bonchev–Trinajstić information content (AvgIpc) is 0.847. The van der Waals surface area contributed by atoms with Crippen molar-refractivity contribution in [3.05, 3.63) is 184 Å². The number of carboxylic acids is 1. The van der Waals surface area contributed by atoms with Crippen LogP contribution in [0.5, 0.6) is 0 Å². The summed E-state index contributed by atoms with van der Waals surface area (Å²) < 4.78 is 61.5. The summed E-state index contributed by atoms with van der Waals surface area (Å²) in [5.74, 6) is -2.29. The Morgan fingerprint density at radius 2 is 0.761 bits per heavy atom. The molecule has 0 amide bonds. The molecule has 0 aliphatic carbocycles. The van der Waals surface area contributed by atoms with Crippen LogP contribution in [0.15, 0.2) is 126 Å². The van der Waals surface area contributed by atoms with E-state index in [1.165, 1.54) is 24.3 Å². The molecule has 0 aliphatic heterocycles. The van der Waals surface area contributed by atoms with Gasteiger partial charge in [0.15, 0.2) is 0 Å². The summed E-state index contributed by atoms with van der Waals surface area (Å²) in [4.78, 5) is 88.8. The van der Waals surface area contributed by atoms with Gasteiger partial charge in [0.05, 0.1) is 88.4 Å². The molecule has 0 heterocycles. The van der Waals surface area contributed by atoms with Crippen molar-refractivity contribution in [3.63, 3.8) is 0 Å². The van der Waals surface area contributed by atoms with Crippen LogP contribution in [0.3, 0.4) is 0 Å². The molecule has 2 unspecified atom stereocenters. The number of ether oxygens (including phenoxy) is 4. The smallest absolute Gasteiger partial charge is 1.00 e. The van der Waals surface area contributed by atoms with Gasteiger partial charge in [-0.25, -0.2) is 41.3 Å². The van der Waals surface area contributed by atoms with Gasteiger partial charge in [0.1, 0.15) is 23.6 Å². The van der Waals surface area contributed by atoms with E-state index in [2.05, 4.69) is 83.2 Å². The van der Waals surface area contributed by atoms with E-state index in [1.54, 1.807) is 107 Å². The van der Waals surface area contributed by atoms with Crippen LogP contribution in [-0.4, -0.2) is 135 Å². The van der Waals surface area contributed by atoms with Gasteiger partial charge in [-0.3, -0.25) is 19.5 Å². The first-order chi connectivity index (χ1) is 49.5. The maximum Gasteiger partial charge on any atom is 2.00 e. The maximum absolute atomic E-state index is 12.6. The number of rotatable bonds is 22. The van der Waals surface area contributed by atoms with Gasteiger partial charge in [-0.2, -0.15) is 10.8 Å². The third kappa shape index (κ3) is 65.6. The van der Waals surface area contributed by atoms with E-state index in [1.807, 2.05) is 114 Å². The fourth-order valence-corrected chi connectivity index (χ4v) is 8.55. The molecule has 624 valence electrons. The molecule has 0 spiro atoms. The first kappa shape index (κ1) is 126. The first-order valence-corrected chi connectivity index (χ1v) is 39.0. The molecule has 22 nitrogen and oxygen atoms in total. The third-order valence-electron chi connectivity index (χ3n) is 13.6. The van der Waals surface area contributed by atoms with Gasteiger partial charge in [-0.05, 0) is 232 Å². The molecule has 5 aromatic rings. The topological polar surface area (TPSA) is 354 Å². The van der Waals surface area contributed by atoms with Crippen molar-refractivity contribution in [1.29, 1.82) is 0 Å². The third-order valence-corrected chi connectivity index (χ3v) is 17.8.